The van der Waals surface area contributed by atoms with Crippen molar-refractivity contribution in [2.75, 3.05) is 0 Å². The highest BCUT2D eigenvalue weighted by molar-refractivity contribution is 6.48. The van der Waals surface area contributed by atoms with Gasteiger partial charge >= 0.3 is 0 Å². The number of hydrogen-bond acceptors (Lipinski definition) is 4. The number of isocyanates is 2. The predicted molar refractivity (Wildman–Crippen MR) is 58.6 cm³/mol. The first kappa shape index (κ1) is 14.3. The van der Waals surface area contributed by atoms with E-state index in [0.717, 1.165) is 0 Å². The molecule has 0 fully saturated rings. The molecule has 0 aromatic carbocycles. The van der Waals surface area contributed by atoms with E-state index in [0.29, 0.717) is 25.7 Å². The molecule has 6 heteroatoms. The lowest BCUT2D eigenvalue weighted by Crippen LogP contribution is -2.11. The summed E-state index contributed by atoms with van der Waals surface area (Å²) in [5.41, 5.74) is 0. The van der Waals surface area contributed by atoms with E-state index >= 15 is 0 Å². The van der Waals surface area contributed by atoms with Crippen LogP contribution in [0.15, 0.2) is 9.98 Å². The number of carbonyl (C=O) groups excluding carboxylic acids is 2. The molecule has 0 N–H and O–H groups in total. The maximum Gasteiger partial charge on any atom is 0.237 e. The molecule has 4 nitrogen and oxygen atoms in total. The van der Waals surface area contributed by atoms with Gasteiger partial charge in [0.15, 0.2) is 6.17 Å². The van der Waals surface area contributed by atoms with E-state index in [2.05, 4.69) is 9.98 Å². The molecule has 0 rings (SSSR count). The molecule has 0 aromatic rings. The topological polar surface area (TPSA) is 58.9 Å². The third-order valence-corrected chi connectivity index (χ3v) is 2.84. The van der Waals surface area contributed by atoms with Crippen LogP contribution in [0, 0.1) is 0 Å². The molecule has 0 amide bonds. The molecule has 0 atom stereocenters. The molecule has 0 aliphatic heterocycles. The van der Waals surface area contributed by atoms with Crippen molar-refractivity contribution in [2.24, 2.45) is 9.98 Å². The standard InChI is InChI=1S/C9H12Cl2N2O2/c1-2-9(10,11)5-3-4-8(12-6-14)13-7-15/h8H,2-5H2,1H3. The van der Waals surface area contributed by atoms with Crippen molar-refractivity contribution < 1.29 is 9.59 Å². The van der Waals surface area contributed by atoms with Gasteiger partial charge in [-0.1, -0.05) is 6.92 Å². The van der Waals surface area contributed by atoms with E-state index in [-0.39, 0.29) is 0 Å². The highest BCUT2D eigenvalue weighted by Crippen LogP contribution is 2.31. The Hall–Kier alpha value is -0.660. The summed E-state index contributed by atoms with van der Waals surface area (Å²) in [6, 6.07) is 0. The number of alkyl halides is 2. The molecule has 0 saturated heterocycles. The maximum absolute atomic E-state index is 9.97. The van der Waals surface area contributed by atoms with Crippen LogP contribution < -0.4 is 0 Å². The molecule has 84 valence electrons. The third-order valence-electron chi connectivity index (χ3n) is 1.93. The fourth-order valence-corrected chi connectivity index (χ4v) is 1.27. The van der Waals surface area contributed by atoms with Crippen molar-refractivity contribution in [3.05, 3.63) is 0 Å². The van der Waals surface area contributed by atoms with Crippen molar-refractivity contribution in [3.8, 4) is 0 Å². The minimum atomic E-state index is -0.764. The van der Waals surface area contributed by atoms with Crippen molar-refractivity contribution in [2.45, 2.75) is 43.1 Å². The second kappa shape index (κ2) is 7.61. The van der Waals surface area contributed by atoms with Gasteiger partial charge in [-0.25, -0.2) is 9.59 Å². The Morgan fingerprint density at radius 1 is 1.27 bits per heavy atom. The Kier molecular flexibility index (Phi) is 7.27. The number of aliphatic imine (C=N–C) groups is 2. The molecular formula is C9H12Cl2N2O2. The Morgan fingerprint density at radius 2 is 1.80 bits per heavy atom. The maximum atomic E-state index is 9.97. The third kappa shape index (κ3) is 7.29. The highest BCUT2D eigenvalue weighted by atomic mass is 35.5. The molecule has 0 heterocycles. The summed E-state index contributed by atoms with van der Waals surface area (Å²) in [7, 11) is 0. The summed E-state index contributed by atoms with van der Waals surface area (Å²) in [5.74, 6) is 0. The molecule has 0 aliphatic rings. The van der Waals surface area contributed by atoms with Gasteiger partial charge in [-0.2, -0.15) is 9.98 Å². The Labute approximate surface area is 98.4 Å². The van der Waals surface area contributed by atoms with Crippen LogP contribution >= 0.6 is 23.2 Å². The second-order valence-electron chi connectivity index (χ2n) is 3.02. The molecule has 0 unspecified atom stereocenters. The van der Waals surface area contributed by atoms with Gasteiger partial charge in [-0.15, -0.1) is 23.2 Å². The molecule has 0 spiro atoms. The number of hydrogen-bond donors (Lipinski definition) is 0. The molecular weight excluding hydrogens is 239 g/mol. The fourth-order valence-electron chi connectivity index (χ4n) is 1.000. The van der Waals surface area contributed by atoms with E-state index in [9.17, 15) is 9.59 Å². The van der Waals surface area contributed by atoms with E-state index in [1.54, 1.807) is 0 Å². The molecule has 0 bridgehead atoms. The molecule has 0 radical (unpaired) electrons. The van der Waals surface area contributed by atoms with Gasteiger partial charge in [0.2, 0.25) is 12.2 Å². The van der Waals surface area contributed by atoms with Gasteiger partial charge in [0, 0.05) is 0 Å². The van der Waals surface area contributed by atoms with Crippen LogP contribution in [0.1, 0.15) is 32.6 Å². The number of nitrogens with zero attached hydrogens (tertiary/aromatic N) is 2. The number of halogens is 2. The summed E-state index contributed by atoms with van der Waals surface area (Å²) < 4.78 is -0.764. The van der Waals surface area contributed by atoms with Gasteiger partial charge in [0.1, 0.15) is 4.33 Å². The van der Waals surface area contributed by atoms with Crippen LogP contribution in [-0.2, 0) is 9.59 Å². The fraction of sp³-hybridized carbons (Fsp3) is 0.778. The summed E-state index contributed by atoms with van der Waals surface area (Å²) in [6.07, 6.45) is 4.25. The lowest BCUT2D eigenvalue weighted by atomic mass is 10.1. The summed E-state index contributed by atoms with van der Waals surface area (Å²) in [6.45, 7) is 1.88. The van der Waals surface area contributed by atoms with Crippen LogP contribution in [0.3, 0.4) is 0 Å². The first-order valence-corrected chi connectivity index (χ1v) is 5.33. The Bertz CT molecular complexity index is 264. The molecule has 0 saturated carbocycles. The Balaban J connectivity index is 4.01. The van der Waals surface area contributed by atoms with Crippen molar-refractivity contribution in [3.63, 3.8) is 0 Å². The lowest BCUT2D eigenvalue weighted by molar-refractivity contribution is 0.521. The average molecular weight is 251 g/mol. The SMILES string of the molecule is CCC(Cl)(Cl)CCCC(N=C=O)N=C=O. The van der Waals surface area contributed by atoms with E-state index < -0.39 is 10.5 Å². The first-order chi connectivity index (χ1) is 7.05. The average Bonchev–Trinajstić information content (AvgIpc) is 2.18. The minimum absolute atomic E-state index is 0.436. The van der Waals surface area contributed by atoms with E-state index in [1.165, 1.54) is 12.2 Å². The highest BCUT2D eigenvalue weighted by Gasteiger charge is 2.21. The second-order valence-corrected chi connectivity index (χ2v) is 4.66. The molecule has 15 heavy (non-hydrogen) atoms. The van der Waals surface area contributed by atoms with Gasteiger partial charge in [0.05, 0.1) is 0 Å². The minimum Gasteiger partial charge on any atom is -0.211 e. The van der Waals surface area contributed by atoms with Crippen LogP contribution in [0.2, 0.25) is 0 Å². The zero-order valence-corrected chi connectivity index (χ0v) is 9.88. The van der Waals surface area contributed by atoms with Crippen LogP contribution in [0.4, 0.5) is 0 Å². The zero-order valence-electron chi connectivity index (χ0n) is 8.37. The van der Waals surface area contributed by atoms with E-state index in [1.807, 2.05) is 6.92 Å². The monoisotopic (exact) mass is 250 g/mol. The van der Waals surface area contributed by atoms with Crippen LogP contribution in [0.5, 0.6) is 0 Å². The molecule has 0 aliphatic carbocycles. The van der Waals surface area contributed by atoms with Gasteiger partial charge < -0.3 is 0 Å². The quantitative estimate of drug-likeness (QED) is 0.396. The lowest BCUT2D eigenvalue weighted by Gasteiger charge is -2.16. The van der Waals surface area contributed by atoms with Crippen LogP contribution in [0.25, 0.3) is 0 Å². The largest absolute Gasteiger partial charge is 0.237 e. The van der Waals surface area contributed by atoms with Gasteiger partial charge in [0.25, 0.3) is 0 Å². The van der Waals surface area contributed by atoms with Gasteiger partial charge in [-0.05, 0) is 25.7 Å². The summed E-state index contributed by atoms with van der Waals surface area (Å²) in [4.78, 5) is 26.6. The summed E-state index contributed by atoms with van der Waals surface area (Å²) >= 11 is 11.8. The number of rotatable bonds is 7. The Morgan fingerprint density at radius 3 is 2.20 bits per heavy atom. The predicted octanol–water partition coefficient (Wildman–Crippen LogP) is 2.74. The van der Waals surface area contributed by atoms with Crippen LogP contribution in [-0.4, -0.2) is 22.7 Å². The van der Waals surface area contributed by atoms with Crippen molar-refractivity contribution in [1.29, 1.82) is 0 Å². The normalized spacial score (nSPS) is 12.5. The summed E-state index contributed by atoms with van der Waals surface area (Å²) in [5, 5.41) is 0. The first-order valence-electron chi connectivity index (χ1n) is 4.57. The van der Waals surface area contributed by atoms with E-state index in [4.69, 9.17) is 23.2 Å². The zero-order chi connectivity index (χ0) is 11.7. The van der Waals surface area contributed by atoms with Crippen molar-refractivity contribution >= 4 is 35.4 Å². The van der Waals surface area contributed by atoms with Gasteiger partial charge in [-0.3, -0.25) is 0 Å². The van der Waals surface area contributed by atoms with Crippen molar-refractivity contribution in [1.82, 2.24) is 0 Å². The smallest absolute Gasteiger partial charge is 0.211 e. The molecule has 0 aromatic heterocycles.